The molecule has 2 heteroatoms. The molecule has 1 aliphatic rings. The van der Waals surface area contributed by atoms with Gasteiger partial charge in [0.1, 0.15) is 11.2 Å². The number of aromatic nitrogens is 1. The summed E-state index contributed by atoms with van der Waals surface area (Å²) in [6.07, 6.45) is 4.63. The van der Waals surface area contributed by atoms with Crippen LogP contribution in [0.1, 0.15) is 68.1 Å². The minimum absolute atomic E-state index is 0.132. The molecule has 2 aromatic heterocycles. The number of hydrogen-bond donors (Lipinski definition) is 0. The molecular weight excluding hydrogens is 462 g/mol. The number of furan rings is 1. The quantitative estimate of drug-likeness (QED) is 0.221. The number of hydrogen-bond acceptors (Lipinski definition) is 2. The Labute approximate surface area is 228 Å². The summed E-state index contributed by atoms with van der Waals surface area (Å²) in [4.78, 5) is 4.74. The molecule has 38 heavy (non-hydrogen) atoms. The van der Waals surface area contributed by atoms with Gasteiger partial charge >= 0.3 is 0 Å². The van der Waals surface area contributed by atoms with Gasteiger partial charge in [-0.15, -0.1) is 0 Å². The van der Waals surface area contributed by atoms with Crippen molar-refractivity contribution in [1.29, 1.82) is 0 Å². The zero-order valence-corrected chi connectivity index (χ0v) is 22.6. The lowest BCUT2D eigenvalue weighted by Gasteiger charge is -2.45. The van der Waals surface area contributed by atoms with Crippen LogP contribution in [0, 0.1) is 17.7 Å². The van der Waals surface area contributed by atoms with E-state index in [0.29, 0.717) is 5.56 Å². The van der Waals surface area contributed by atoms with Gasteiger partial charge in [0.05, 0.1) is 5.69 Å². The fraction of sp³-hybridized carbons (Fsp3) is 0.306. The number of rotatable bonds is 2. The second-order valence-electron chi connectivity index (χ2n) is 12.9. The number of pyridine rings is 1. The first-order chi connectivity index (χ1) is 19.4. The van der Waals surface area contributed by atoms with Gasteiger partial charge in [0.15, 0.2) is 0 Å². The van der Waals surface area contributed by atoms with Crippen LogP contribution in [0.15, 0.2) is 83.4 Å². The first-order valence-electron chi connectivity index (χ1n) is 15.2. The van der Waals surface area contributed by atoms with Gasteiger partial charge in [-0.25, -0.2) is 0 Å². The fourth-order valence-electron chi connectivity index (χ4n) is 7.52. The van der Waals surface area contributed by atoms with E-state index in [9.17, 15) is 0 Å². The molecule has 1 aliphatic carbocycles. The van der Waals surface area contributed by atoms with Crippen molar-refractivity contribution in [2.75, 3.05) is 0 Å². The summed E-state index contributed by atoms with van der Waals surface area (Å²) in [7, 11) is 0. The largest absolute Gasteiger partial charge is 0.455 e. The molecule has 0 unspecified atom stereocenters. The Morgan fingerprint density at radius 3 is 2.37 bits per heavy atom. The molecule has 0 N–H and O–H groups in total. The van der Waals surface area contributed by atoms with Crippen LogP contribution in [-0.2, 0) is 0 Å². The molecule has 0 spiro atoms. The summed E-state index contributed by atoms with van der Waals surface area (Å²) in [6.45, 7) is 7.00. The van der Waals surface area contributed by atoms with Gasteiger partial charge in [-0.05, 0) is 99.8 Å². The van der Waals surface area contributed by atoms with E-state index >= 15 is 0 Å². The lowest BCUT2D eigenvalue weighted by molar-refractivity contribution is 0.0967. The molecule has 7 rings (SSSR count). The van der Waals surface area contributed by atoms with Gasteiger partial charge in [-0.3, -0.25) is 4.98 Å². The Bertz CT molecular complexity index is 1960. The molecule has 0 saturated heterocycles. The third-order valence-electron chi connectivity index (χ3n) is 8.57. The number of aryl methyl sites for hydroxylation is 1. The van der Waals surface area contributed by atoms with Crippen molar-refractivity contribution >= 4 is 43.5 Å². The van der Waals surface area contributed by atoms with Gasteiger partial charge < -0.3 is 4.42 Å². The summed E-state index contributed by atoms with van der Waals surface area (Å²) in [5.41, 5.74) is 4.81. The molecule has 2 nitrogen and oxygen atoms in total. The van der Waals surface area contributed by atoms with E-state index in [0.717, 1.165) is 58.0 Å². The Hall–Kier alpha value is -3.65. The number of nitrogens with zero attached hydrogens (tertiary/aromatic N) is 1. The van der Waals surface area contributed by atoms with E-state index < -0.39 is 6.85 Å². The molecule has 2 heterocycles. The average molecular weight is 501 g/mol. The highest BCUT2D eigenvalue weighted by Gasteiger charge is 2.39. The molecule has 0 radical (unpaired) electrons. The van der Waals surface area contributed by atoms with Crippen LogP contribution in [-0.4, -0.2) is 4.98 Å². The van der Waals surface area contributed by atoms with Gasteiger partial charge in [-0.2, -0.15) is 0 Å². The molecule has 0 bridgehead atoms. The minimum atomic E-state index is -2.22. The molecule has 0 atom stereocenters. The van der Waals surface area contributed by atoms with Crippen LogP contribution >= 0.6 is 0 Å². The average Bonchev–Trinajstić information content (AvgIpc) is 3.27. The van der Waals surface area contributed by atoms with Crippen molar-refractivity contribution < 1.29 is 8.53 Å². The van der Waals surface area contributed by atoms with Crippen molar-refractivity contribution in [3.05, 3.63) is 90.1 Å². The summed E-state index contributed by atoms with van der Waals surface area (Å²) < 4.78 is 31.5. The van der Waals surface area contributed by atoms with Crippen molar-refractivity contribution in [2.24, 2.45) is 10.8 Å². The first kappa shape index (κ1) is 20.3. The maximum Gasteiger partial charge on any atom is 0.144 e. The van der Waals surface area contributed by atoms with Crippen molar-refractivity contribution in [2.45, 2.75) is 59.7 Å². The minimum Gasteiger partial charge on any atom is -0.455 e. The van der Waals surface area contributed by atoms with Gasteiger partial charge in [0.25, 0.3) is 0 Å². The second-order valence-corrected chi connectivity index (χ2v) is 12.9. The molecule has 1 fully saturated rings. The molecule has 0 aliphatic heterocycles. The van der Waals surface area contributed by atoms with Crippen LogP contribution in [0.5, 0.6) is 0 Å². The highest BCUT2D eigenvalue weighted by molar-refractivity contribution is 6.17. The predicted molar refractivity (Wildman–Crippen MR) is 161 cm³/mol. The molecule has 190 valence electrons. The van der Waals surface area contributed by atoms with Crippen LogP contribution in [0.2, 0.25) is 0 Å². The number of benzene rings is 4. The standard InChI is InChI=1S/C36H35NO/c1-22-20-37-32(16-29(22)25-18-35(2,3)21-36(4,5)19-25)28-12-8-11-27-31-15-24-14-13-23-9-6-7-10-26(23)30(24)17-33(31)38-34(27)28/h6-17,20,25H,18-19,21H2,1-5H3/i1D3. The van der Waals surface area contributed by atoms with Crippen LogP contribution in [0.4, 0.5) is 0 Å². The fourth-order valence-corrected chi connectivity index (χ4v) is 7.52. The number of fused-ring (bicyclic) bond motifs is 6. The lowest BCUT2D eigenvalue weighted by Crippen LogP contribution is -2.33. The van der Waals surface area contributed by atoms with E-state index in [1.54, 1.807) is 6.20 Å². The van der Waals surface area contributed by atoms with E-state index in [-0.39, 0.29) is 16.7 Å². The Morgan fingerprint density at radius 1 is 0.789 bits per heavy atom. The first-order valence-corrected chi connectivity index (χ1v) is 13.7. The van der Waals surface area contributed by atoms with Gasteiger partial charge in [0, 0.05) is 26.6 Å². The second kappa shape index (κ2) is 8.17. The van der Waals surface area contributed by atoms with Crippen LogP contribution in [0.3, 0.4) is 0 Å². The summed E-state index contributed by atoms with van der Waals surface area (Å²) in [5, 5.41) is 6.86. The molecule has 1 saturated carbocycles. The smallest absolute Gasteiger partial charge is 0.144 e. The normalized spacial score (nSPS) is 19.1. The Balaban J connectivity index is 1.43. The molecule has 4 aromatic carbocycles. The summed E-state index contributed by atoms with van der Waals surface area (Å²) in [5.74, 6) is 0.152. The van der Waals surface area contributed by atoms with Crippen LogP contribution in [0.25, 0.3) is 54.7 Å². The van der Waals surface area contributed by atoms with E-state index in [1.807, 2.05) is 18.2 Å². The summed E-state index contributed by atoms with van der Waals surface area (Å²) in [6, 6.07) is 25.4. The highest BCUT2D eigenvalue weighted by atomic mass is 16.3. The maximum absolute atomic E-state index is 8.31. The number of para-hydroxylation sites is 1. The van der Waals surface area contributed by atoms with E-state index in [4.69, 9.17) is 13.5 Å². The summed E-state index contributed by atoms with van der Waals surface area (Å²) >= 11 is 0. The maximum atomic E-state index is 8.31. The zero-order chi connectivity index (χ0) is 28.7. The van der Waals surface area contributed by atoms with Gasteiger partial charge in [-0.1, -0.05) is 76.2 Å². The van der Waals surface area contributed by atoms with Crippen molar-refractivity contribution in [3.8, 4) is 11.3 Å². The topological polar surface area (TPSA) is 26.0 Å². The van der Waals surface area contributed by atoms with Crippen molar-refractivity contribution in [3.63, 3.8) is 0 Å². The van der Waals surface area contributed by atoms with E-state index in [1.165, 1.54) is 21.5 Å². The molecule has 6 aromatic rings. The van der Waals surface area contributed by atoms with E-state index in [2.05, 4.69) is 82.3 Å². The predicted octanol–water partition coefficient (Wildman–Crippen LogP) is 10.6. The zero-order valence-electron chi connectivity index (χ0n) is 25.6. The Kier molecular flexibility index (Phi) is 4.37. The SMILES string of the molecule is [2H]C([2H])([2H])c1cnc(-c2cccc3c2oc2cc4c(ccc5ccccc54)cc23)cc1C1CC(C)(C)CC(C)(C)C1. The monoisotopic (exact) mass is 500 g/mol. The highest BCUT2D eigenvalue weighted by Crippen LogP contribution is 2.52. The van der Waals surface area contributed by atoms with Crippen LogP contribution < -0.4 is 0 Å². The Morgan fingerprint density at radius 2 is 1.55 bits per heavy atom. The van der Waals surface area contributed by atoms with Crippen molar-refractivity contribution in [1.82, 2.24) is 4.98 Å². The van der Waals surface area contributed by atoms with Gasteiger partial charge in [0.2, 0.25) is 0 Å². The third kappa shape index (κ3) is 3.81. The lowest BCUT2D eigenvalue weighted by atomic mass is 9.60. The third-order valence-corrected chi connectivity index (χ3v) is 8.57. The molecular formula is C36H35NO. The molecule has 0 amide bonds.